The van der Waals surface area contributed by atoms with Crippen LogP contribution in [0.4, 0.5) is 0 Å². The first-order valence-corrected chi connectivity index (χ1v) is 22.6. The molecule has 0 aliphatic rings. The quantitative estimate of drug-likeness (QED) is 0.176. The SMILES string of the molecule is c1ccc2cc(-c3nc(-c4cc5oc6ccccc6c5c5ccc(-n6c7cc8ccccc8cc7c7cc8ccccc8cc76)cc45)nc(-c4cccc5oc6ccccc6c45)n3)ccc2c1. The van der Waals surface area contributed by atoms with E-state index in [2.05, 4.69) is 168 Å². The molecule has 0 amide bonds. The van der Waals surface area contributed by atoms with Crippen molar-refractivity contribution in [2.24, 2.45) is 0 Å². The van der Waals surface area contributed by atoms with Gasteiger partial charge in [0.25, 0.3) is 0 Å². The van der Waals surface area contributed by atoms with Crippen LogP contribution in [0, 0.1) is 0 Å². The smallest absolute Gasteiger partial charge is 0.164 e. The fourth-order valence-corrected chi connectivity index (χ4v) is 10.7. The van der Waals surface area contributed by atoms with Crippen molar-refractivity contribution in [3.63, 3.8) is 0 Å². The maximum atomic E-state index is 6.71. The Labute approximate surface area is 381 Å². The molecule has 4 heterocycles. The van der Waals surface area contributed by atoms with Gasteiger partial charge in [0.15, 0.2) is 17.5 Å². The van der Waals surface area contributed by atoms with Gasteiger partial charge in [0.1, 0.15) is 22.3 Å². The normalized spacial score (nSPS) is 12.2. The predicted molar refractivity (Wildman–Crippen MR) is 275 cm³/mol. The van der Waals surface area contributed by atoms with Gasteiger partial charge in [0, 0.05) is 54.7 Å². The Balaban J connectivity index is 1.06. The van der Waals surface area contributed by atoms with E-state index in [0.29, 0.717) is 17.5 Å². The van der Waals surface area contributed by atoms with Gasteiger partial charge in [-0.1, -0.05) is 140 Å². The van der Waals surface area contributed by atoms with Crippen LogP contribution in [0.25, 0.3) is 149 Å². The van der Waals surface area contributed by atoms with Crippen LogP contribution in [0.2, 0.25) is 0 Å². The summed E-state index contributed by atoms with van der Waals surface area (Å²) in [5, 5.41) is 15.6. The highest BCUT2D eigenvalue weighted by Crippen LogP contribution is 2.44. The average Bonchev–Trinajstić information content (AvgIpc) is 4.05. The lowest BCUT2D eigenvalue weighted by Crippen LogP contribution is -2.01. The minimum atomic E-state index is 0.543. The zero-order valence-electron chi connectivity index (χ0n) is 35.7. The van der Waals surface area contributed by atoms with E-state index in [1.54, 1.807) is 0 Å². The molecule has 0 atom stereocenters. The molecule has 0 fully saturated rings. The Morgan fingerprint density at radius 2 is 0.836 bits per heavy atom. The molecule has 0 radical (unpaired) electrons. The molecule has 0 N–H and O–H groups in total. The predicted octanol–water partition coefficient (Wildman–Crippen LogP) is 16.4. The third kappa shape index (κ3) is 5.41. The molecule has 0 aliphatic carbocycles. The fraction of sp³-hybridized carbons (Fsp3) is 0. The number of furan rings is 2. The second kappa shape index (κ2) is 13.7. The van der Waals surface area contributed by atoms with Gasteiger partial charge in [-0.25, -0.2) is 15.0 Å². The summed E-state index contributed by atoms with van der Waals surface area (Å²) < 4.78 is 15.5. The maximum Gasteiger partial charge on any atom is 0.164 e. The van der Waals surface area contributed by atoms with E-state index >= 15 is 0 Å². The monoisotopic (exact) mass is 854 g/mol. The van der Waals surface area contributed by atoms with Crippen LogP contribution < -0.4 is 0 Å². The Morgan fingerprint density at radius 3 is 1.52 bits per heavy atom. The molecule has 0 aliphatic heterocycles. The third-order valence-electron chi connectivity index (χ3n) is 13.7. The van der Waals surface area contributed by atoms with Crippen molar-refractivity contribution >= 4 is 109 Å². The van der Waals surface area contributed by atoms with E-state index in [1.165, 1.54) is 32.3 Å². The Bertz CT molecular complexity index is 4500. The van der Waals surface area contributed by atoms with Crippen molar-refractivity contribution < 1.29 is 8.83 Å². The van der Waals surface area contributed by atoms with Crippen molar-refractivity contribution in [1.82, 2.24) is 19.5 Å². The molecule has 67 heavy (non-hydrogen) atoms. The van der Waals surface area contributed by atoms with Gasteiger partial charge in [0.2, 0.25) is 0 Å². The van der Waals surface area contributed by atoms with Gasteiger partial charge in [0.05, 0.1) is 11.0 Å². The molecule has 0 saturated heterocycles. The Hall–Kier alpha value is -9.13. The Kier molecular flexibility index (Phi) is 7.40. The topological polar surface area (TPSA) is 69.9 Å². The number of benzene rings is 11. The highest BCUT2D eigenvalue weighted by Gasteiger charge is 2.23. The lowest BCUT2D eigenvalue weighted by Gasteiger charge is -2.14. The molecule has 4 aromatic heterocycles. The Morgan fingerprint density at radius 1 is 0.299 bits per heavy atom. The molecular weight excluding hydrogens is 821 g/mol. The molecule has 0 saturated carbocycles. The first-order valence-electron chi connectivity index (χ1n) is 22.6. The maximum absolute atomic E-state index is 6.71. The van der Waals surface area contributed by atoms with Crippen LogP contribution in [0.1, 0.15) is 0 Å². The first-order chi connectivity index (χ1) is 33.2. The summed E-state index contributed by atoms with van der Waals surface area (Å²) >= 11 is 0. The van der Waals surface area contributed by atoms with E-state index in [1.807, 2.05) is 42.5 Å². The number of fused-ring (bicyclic) bond motifs is 14. The molecule has 6 nitrogen and oxygen atoms in total. The molecule has 0 spiro atoms. The molecule has 0 bridgehead atoms. The number of aromatic nitrogens is 4. The molecule has 0 unspecified atom stereocenters. The number of hydrogen-bond acceptors (Lipinski definition) is 5. The highest BCUT2D eigenvalue weighted by atomic mass is 16.3. The van der Waals surface area contributed by atoms with Crippen LogP contribution in [-0.2, 0) is 0 Å². The van der Waals surface area contributed by atoms with Crippen molar-refractivity contribution in [2.45, 2.75) is 0 Å². The zero-order valence-corrected chi connectivity index (χ0v) is 35.7. The van der Waals surface area contributed by atoms with Crippen molar-refractivity contribution in [2.75, 3.05) is 0 Å². The van der Waals surface area contributed by atoms with Gasteiger partial charge in [-0.3, -0.25) is 0 Å². The lowest BCUT2D eigenvalue weighted by molar-refractivity contribution is 0.669. The summed E-state index contributed by atoms with van der Waals surface area (Å²) in [6.07, 6.45) is 0. The summed E-state index contributed by atoms with van der Waals surface area (Å²) in [6, 6.07) is 72.9. The van der Waals surface area contributed by atoms with Gasteiger partial charge >= 0.3 is 0 Å². The minimum Gasteiger partial charge on any atom is -0.456 e. The second-order valence-electron chi connectivity index (χ2n) is 17.5. The van der Waals surface area contributed by atoms with Gasteiger partial charge < -0.3 is 13.4 Å². The van der Waals surface area contributed by atoms with Gasteiger partial charge in [-0.2, -0.15) is 0 Å². The van der Waals surface area contributed by atoms with Crippen molar-refractivity contribution in [3.8, 4) is 39.9 Å². The highest BCUT2D eigenvalue weighted by molar-refractivity contribution is 6.23. The molecule has 15 rings (SSSR count). The zero-order chi connectivity index (χ0) is 43.7. The summed E-state index contributed by atoms with van der Waals surface area (Å²) in [4.78, 5) is 16.2. The summed E-state index contributed by atoms with van der Waals surface area (Å²) in [5.74, 6) is 1.67. The van der Waals surface area contributed by atoms with Gasteiger partial charge in [-0.05, 0) is 110 Å². The largest absolute Gasteiger partial charge is 0.456 e. The van der Waals surface area contributed by atoms with Crippen LogP contribution in [0.15, 0.2) is 215 Å². The van der Waals surface area contributed by atoms with Crippen LogP contribution >= 0.6 is 0 Å². The number of hydrogen-bond donors (Lipinski definition) is 0. The minimum absolute atomic E-state index is 0.543. The molecule has 15 aromatic rings. The average molecular weight is 855 g/mol. The fourth-order valence-electron chi connectivity index (χ4n) is 10.7. The standard InChI is InChI=1S/C61H34N4O2/c1-2-13-36-28-41(25-24-35(36)12-1)59-62-60(46-20-11-23-55-58(46)45-19-8-9-21-53(45)66-55)64-61(63-59)50-34-56-57(44-18-7-10-22-54(44)67-56)43-27-26-42(33-47(43)50)65-51-31-39-16-5-3-14-37(39)29-48(51)49-30-38-15-4-6-17-40(38)32-52(49)65/h1-34H. The van der Waals surface area contributed by atoms with E-state index in [9.17, 15) is 0 Å². The van der Waals surface area contributed by atoms with E-state index < -0.39 is 0 Å². The van der Waals surface area contributed by atoms with Gasteiger partial charge in [-0.15, -0.1) is 0 Å². The molecule has 6 heteroatoms. The third-order valence-corrected chi connectivity index (χ3v) is 13.7. The first kappa shape index (κ1) is 36.2. The molecule has 310 valence electrons. The van der Waals surface area contributed by atoms with E-state index in [4.69, 9.17) is 23.8 Å². The number of nitrogens with zero attached hydrogens (tertiary/aromatic N) is 4. The summed E-state index contributed by atoms with van der Waals surface area (Å²) in [6.45, 7) is 0. The van der Waals surface area contributed by atoms with Crippen LogP contribution in [-0.4, -0.2) is 19.5 Å². The summed E-state index contributed by atoms with van der Waals surface area (Å²) in [5.41, 5.74) is 9.10. The molecule has 11 aromatic carbocycles. The van der Waals surface area contributed by atoms with E-state index in [-0.39, 0.29) is 0 Å². The second-order valence-corrected chi connectivity index (χ2v) is 17.5. The lowest BCUT2D eigenvalue weighted by atomic mass is 9.97. The molecular formula is C61H34N4O2. The summed E-state index contributed by atoms with van der Waals surface area (Å²) in [7, 11) is 0. The number of rotatable bonds is 4. The number of para-hydroxylation sites is 2. The van der Waals surface area contributed by atoms with E-state index in [0.717, 1.165) is 98.8 Å². The van der Waals surface area contributed by atoms with Crippen LogP contribution in [0.3, 0.4) is 0 Å². The van der Waals surface area contributed by atoms with Crippen molar-refractivity contribution in [3.05, 3.63) is 206 Å². The van der Waals surface area contributed by atoms with Crippen LogP contribution in [0.5, 0.6) is 0 Å². The van der Waals surface area contributed by atoms with Crippen molar-refractivity contribution in [1.29, 1.82) is 0 Å².